The van der Waals surface area contributed by atoms with Gasteiger partial charge in [-0.05, 0) is 58.0 Å². The molecule has 0 radical (unpaired) electrons. The molecule has 0 atom stereocenters. The lowest BCUT2D eigenvalue weighted by molar-refractivity contribution is 0.0991. The Morgan fingerprint density at radius 3 is 1.41 bits per heavy atom. The summed E-state index contributed by atoms with van der Waals surface area (Å²) in [6, 6.07) is 8.67. The highest BCUT2D eigenvalue weighted by Crippen LogP contribution is 2.44. The molecule has 0 saturated carbocycles. The number of carbonyl (C=O) groups is 2. The summed E-state index contributed by atoms with van der Waals surface area (Å²) in [6.45, 7) is 0. The van der Waals surface area contributed by atoms with E-state index in [0.717, 1.165) is 0 Å². The molecule has 0 aromatic heterocycles. The van der Waals surface area contributed by atoms with Gasteiger partial charge in [0.05, 0.1) is 9.79 Å². The van der Waals surface area contributed by atoms with Gasteiger partial charge in [0.2, 0.25) is 11.8 Å². The van der Waals surface area contributed by atoms with Crippen LogP contribution in [0.1, 0.15) is 20.7 Å². The lowest BCUT2D eigenvalue weighted by Gasteiger charge is -2.07. The number of benzene rings is 2. The summed E-state index contributed by atoms with van der Waals surface area (Å²) >= 11 is 0. The maximum atomic E-state index is 11.0. The van der Waals surface area contributed by atoms with Crippen LogP contribution in [0.4, 0.5) is 0 Å². The maximum absolute atomic E-state index is 11.0. The Kier molecular flexibility index (Phi) is 4.84. The molecule has 0 fully saturated rings. The van der Waals surface area contributed by atoms with Gasteiger partial charge in [0.25, 0.3) is 0 Å². The second-order valence-corrected chi connectivity index (χ2v) is 6.47. The molecule has 0 saturated heterocycles. The van der Waals surface area contributed by atoms with Crippen molar-refractivity contribution in [2.45, 2.75) is 9.79 Å². The number of phenols is 2. The molecule has 0 aliphatic carbocycles. The molecule has 0 unspecified atom stereocenters. The number of hydrogen-bond donors (Lipinski definition) is 4. The van der Waals surface area contributed by atoms with Crippen molar-refractivity contribution >= 4 is 33.4 Å². The van der Waals surface area contributed by atoms with Crippen molar-refractivity contribution in [1.29, 1.82) is 0 Å². The van der Waals surface area contributed by atoms with Gasteiger partial charge in [0.15, 0.2) is 0 Å². The third kappa shape index (κ3) is 3.66. The van der Waals surface area contributed by atoms with E-state index < -0.39 is 11.8 Å². The molecule has 0 aliphatic heterocycles. The molecule has 0 bridgehead atoms. The zero-order chi connectivity index (χ0) is 16.3. The number of carbonyl (C=O) groups excluding carboxylic acids is 2. The Balaban J connectivity index is 2.13. The average Bonchev–Trinajstić information content (AvgIpc) is 2.46. The van der Waals surface area contributed by atoms with Gasteiger partial charge in [0, 0.05) is 11.1 Å². The molecule has 2 aromatic rings. The van der Waals surface area contributed by atoms with Crippen LogP contribution in [0, 0.1) is 0 Å². The molecule has 0 heterocycles. The summed E-state index contributed by atoms with van der Waals surface area (Å²) in [6.07, 6.45) is 0. The van der Waals surface area contributed by atoms with Crippen LogP contribution in [0.15, 0.2) is 46.2 Å². The number of phenolic OH excluding ortho intramolecular Hbond substituents is 2. The molecule has 8 heteroatoms. The summed E-state index contributed by atoms with van der Waals surface area (Å²) in [5.74, 6) is -1.41. The number of rotatable bonds is 5. The minimum atomic E-state index is -0.626. The summed E-state index contributed by atoms with van der Waals surface area (Å²) in [4.78, 5) is 23.0. The van der Waals surface area contributed by atoms with E-state index >= 15 is 0 Å². The van der Waals surface area contributed by atoms with E-state index in [1.54, 1.807) is 12.1 Å². The van der Waals surface area contributed by atoms with Crippen LogP contribution in [0.2, 0.25) is 0 Å². The predicted octanol–water partition coefficient (Wildman–Crippen LogP) is 2.09. The topological polar surface area (TPSA) is 127 Å². The van der Waals surface area contributed by atoms with Crippen LogP contribution in [-0.2, 0) is 0 Å². The van der Waals surface area contributed by atoms with Gasteiger partial charge in [0.1, 0.15) is 11.5 Å². The normalized spacial score (nSPS) is 10.4. The largest absolute Gasteiger partial charge is 0.507 e. The Labute approximate surface area is 133 Å². The van der Waals surface area contributed by atoms with Crippen molar-refractivity contribution in [3.8, 4) is 11.5 Å². The van der Waals surface area contributed by atoms with E-state index in [4.69, 9.17) is 11.5 Å². The molecule has 0 aliphatic rings. The van der Waals surface area contributed by atoms with Crippen LogP contribution < -0.4 is 11.5 Å². The van der Waals surface area contributed by atoms with E-state index in [1.807, 2.05) is 0 Å². The molecule has 6 nitrogen and oxygen atoms in total. The molecule has 2 rings (SSSR count). The SMILES string of the molecule is NC(=O)c1ccc(SSc2ccc(C(N)=O)cc2O)c(O)c1. The molecule has 6 N–H and O–H groups in total. The number of aromatic hydroxyl groups is 2. The predicted molar refractivity (Wildman–Crippen MR) is 85.0 cm³/mol. The van der Waals surface area contributed by atoms with Gasteiger partial charge in [-0.2, -0.15) is 0 Å². The quantitative estimate of drug-likeness (QED) is 0.619. The van der Waals surface area contributed by atoms with Crippen molar-refractivity contribution in [2.75, 3.05) is 0 Å². The van der Waals surface area contributed by atoms with Gasteiger partial charge >= 0.3 is 0 Å². The van der Waals surface area contributed by atoms with Crippen molar-refractivity contribution in [3.63, 3.8) is 0 Å². The highest BCUT2D eigenvalue weighted by atomic mass is 33.1. The minimum absolute atomic E-state index is 0.0814. The van der Waals surface area contributed by atoms with Gasteiger partial charge in [-0.1, -0.05) is 0 Å². The number of primary amides is 2. The fraction of sp³-hybridized carbons (Fsp3) is 0. The van der Waals surface area contributed by atoms with Crippen LogP contribution >= 0.6 is 21.6 Å². The Bertz CT molecular complexity index is 686. The highest BCUT2D eigenvalue weighted by molar-refractivity contribution is 8.76. The molecule has 2 aromatic carbocycles. The summed E-state index contributed by atoms with van der Waals surface area (Å²) in [7, 11) is 2.37. The van der Waals surface area contributed by atoms with Gasteiger partial charge in [-0.3, -0.25) is 9.59 Å². The molecular formula is C14H12N2O4S2. The second-order valence-electron chi connectivity index (χ2n) is 4.26. The number of nitrogens with two attached hydrogens (primary N) is 2. The molecular weight excluding hydrogens is 324 g/mol. The standard InChI is InChI=1S/C14H12N2O4S2/c15-13(19)7-1-3-11(9(17)5-7)21-22-12-4-2-8(14(16)20)6-10(12)18/h1-6,17-18H,(H2,15,19)(H2,16,20). The first-order chi connectivity index (χ1) is 10.4. The lowest BCUT2D eigenvalue weighted by atomic mass is 10.2. The molecule has 22 heavy (non-hydrogen) atoms. The van der Waals surface area contributed by atoms with E-state index in [9.17, 15) is 19.8 Å². The second kappa shape index (κ2) is 6.63. The van der Waals surface area contributed by atoms with Gasteiger partial charge in [-0.15, -0.1) is 0 Å². The Morgan fingerprint density at radius 1 is 0.773 bits per heavy atom. The first-order valence-corrected chi connectivity index (χ1v) is 8.13. The Morgan fingerprint density at radius 2 is 1.14 bits per heavy atom. The fourth-order valence-electron chi connectivity index (χ4n) is 1.57. The summed E-state index contributed by atoms with van der Waals surface area (Å²) in [5, 5.41) is 19.7. The smallest absolute Gasteiger partial charge is 0.248 e. The monoisotopic (exact) mass is 336 g/mol. The lowest BCUT2D eigenvalue weighted by Crippen LogP contribution is -2.10. The number of hydrogen-bond acceptors (Lipinski definition) is 6. The molecule has 2 amide bonds. The average molecular weight is 336 g/mol. The van der Waals surface area contributed by atoms with Crippen molar-refractivity contribution in [1.82, 2.24) is 0 Å². The van der Waals surface area contributed by atoms with Gasteiger partial charge < -0.3 is 21.7 Å². The maximum Gasteiger partial charge on any atom is 0.248 e. The third-order valence-corrected chi connectivity index (χ3v) is 5.17. The molecule has 0 spiro atoms. The van der Waals surface area contributed by atoms with Crippen LogP contribution in [0.5, 0.6) is 11.5 Å². The van der Waals surface area contributed by atoms with Crippen LogP contribution in [0.3, 0.4) is 0 Å². The third-order valence-electron chi connectivity index (χ3n) is 2.71. The minimum Gasteiger partial charge on any atom is -0.507 e. The fourth-order valence-corrected chi connectivity index (χ4v) is 3.67. The first kappa shape index (κ1) is 16.1. The van der Waals surface area contributed by atoms with E-state index in [-0.39, 0.29) is 22.6 Å². The first-order valence-electron chi connectivity index (χ1n) is 5.98. The zero-order valence-electron chi connectivity index (χ0n) is 11.1. The van der Waals surface area contributed by atoms with Crippen molar-refractivity contribution in [3.05, 3.63) is 47.5 Å². The zero-order valence-corrected chi connectivity index (χ0v) is 12.8. The van der Waals surface area contributed by atoms with E-state index in [0.29, 0.717) is 9.79 Å². The van der Waals surface area contributed by atoms with Crippen LogP contribution in [0.25, 0.3) is 0 Å². The number of amides is 2. The molecule has 114 valence electrons. The van der Waals surface area contributed by atoms with Gasteiger partial charge in [-0.25, -0.2) is 0 Å². The van der Waals surface area contributed by atoms with Crippen molar-refractivity contribution < 1.29 is 19.8 Å². The summed E-state index contributed by atoms with van der Waals surface area (Å²) < 4.78 is 0. The van der Waals surface area contributed by atoms with E-state index in [1.165, 1.54) is 45.9 Å². The highest BCUT2D eigenvalue weighted by Gasteiger charge is 2.11. The summed E-state index contributed by atoms with van der Waals surface area (Å²) in [5.41, 5.74) is 10.7. The van der Waals surface area contributed by atoms with Crippen molar-refractivity contribution in [2.24, 2.45) is 11.5 Å². The Hall–Kier alpha value is -2.32. The van der Waals surface area contributed by atoms with E-state index in [2.05, 4.69) is 0 Å². The van der Waals surface area contributed by atoms with Crippen LogP contribution in [-0.4, -0.2) is 22.0 Å².